The van der Waals surface area contributed by atoms with Crippen LogP contribution in [0.5, 0.6) is 0 Å². The molecule has 0 amide bonds. The van der Waals surface area contributed by atoms with Gasteiger partial charge in [0.15, 0.2) is 5.82 Å². The van der Waals surface area contributed by atoms with E-state index in [1.54, 1.807) is 0 Å². The second-order valence-electron chi connectivity index (χ2n) is 5.37. The zero-order valence-corrected chi connectivity index (χ0v) is 14.5. The highest BCUT2D eigenvalue weighted by Crippen LogP contribution is 2.46. The molecule has 0 saturated carbocycles. The van der Waals surface area contributed by atoms with E-state index in [2.05, 4.69) is 26.0 Å². The third kappa shape index (κ3) is 3.55. The number of benzene rings is 1. The standard InChI is InChI=1S/C16H7BrF7N3/c17-13-5-8(3-4-25-13)10-7-27(12-2-1-9(18)6-11(12)19)26-14(10)15(20,21)16(22,23)24/h1-7H. The number of pyridine rings is 1. The molecule has 2 heterocycles. The summed E-state index contributed by atoms with van der Waals surface area (Å²) in [6.45, 7) is 0. The van der Waals surface area contributed by atoms with E-state index in [4.69, 9.17) is 0 Å². The Balaban J connectivity index is 2.26. The lowest BCUT2D eigenvalue weighted by molar-refractivity contribution is -0.290. The lowest BCUT2D eigenvalue weighted by Crippen LogP contribution is -2.34. The number of alkyl halides is 5. The Hall–Kier alpha value is -2.43. The Morgan fingerprint density at radius 2 is 1.67 bits per heavy atom. The molecule has 3 aromatic rings. The van der Waals surface area contributed by atoms with E-state index >= 15 is 0 Å². The molecule has 3 nitrogen and oxygen atoms in total. The van der Waals surface area contributed by atoms with Crippen LogP contribution in [0, 0.1) is 11.6 Å². The van der Waals surface area contributed by atoms with Gasteiger partial charge in [-0.1, -0.05) is 0 Å². The molecule has 0 aliphatic carbocycles. The van der Waals surface area contributed by atoms with Gasteiger partial charge in [-0.15, -0.1) is 0 Å². The molecule has 0 spiro atoms. The molecule has 0 fully saturated rings. The second-order valence-corrected chi connectivity index (χ2v) is 6.18. The van der Waals surface area contributed by atoms with Gasteiger partial charge in [0.1, 0.15) is 21.8 Å². The van der Waals surface area contributed by atoms with E-state index in [1.165, 1.54) is 18.3 Å². The fraction of sp³-hybridized carbons (Fsp3) is 0.125. The van der Waals surface area contributed by atoms with Crippen LogP contribution in [0.15, 0.2) is 47.3 Å². The van der Waals surface area contributed by atoms with Crippen LogP contribution in [-0.2, 0) is 5.92 Å². The number of rotatable bonds is 3. The Labute approximate surface area is 155 Å². The minimum Gasteiger partial charge on any atom is -0.249 e. The van der Waals surface area contributed by atoms with Gasteiger partial charge in [0.2, 0.25) is 0 Å². The van der Waals surface area contributed by atoms with Gasteiger partial charge in [0.25, 0.3) is 0 Å². The predicted octanol–water partition coefficient (Wildman–Crippen LogP) is 5.63. The van der Waals surface area contributed by atoms with E-state index < -0.39 is 40.7 Å². The zero-order chi connectivity index (χ0) is 20.0. The van der Waals surface area contributed by atoms with Gasteiger partial charge < -0.3 is 0 Å². The fourth-order valence-corrected chi connectivity index (χ4v) is 2.68. The number of hydrogen-bond donors (Lipinski definition) is 0. The first-order chi connectivity index (χ1) is 12.5. The molecule has 0 radical (unpaired) electrons. The largest absolute Gasteiger partial charge is 0.459 e. The molecule has 0 bridgehead atoms. The van der Waals surface area contributed by atoms with Crippen molar-refractivity contribution < 1.29 is 30.7 Å². The molecule has 0 aliphatic rings. The van der Waals surface area contributed by atoms with E-state index in [0.717, 1.165) is 18.3 Å². The maximum atomic E-state index is 14.0. The topological polar surface area (TPSA) is 30.7 Å². The molecule has 0 saturated heterocycles. The average Bonchev–Trinajstić information content (AvgIpc) is 2.99. The zero-order valence-electron chi connectivity index (χ0n) is 12.9. The molecule has 0 atom stereocenters. The highest BCUT2D eigenvalue weighted by Gasteiger charge is 2.61. The highest BCUT2D eigenvalue weighted by molar-refractivity contribution is 9.10. The third-order valence-corrected chi connectivity index (χ3v) is 4.00. The molecule has 0 unspecified atom stereocenters. The molecule has 27 heavy (non-hydrogen) atoms. The minimum absolute atomic E-state index is 0.0513. The summed E-state index contributed by atoms with van der Waals surface area (Å²) in [5.74, 6) is -7.43. The predicted molar refractivity (Wildman–Crippen MR) is 84.4 cm³/mol. The van der Waals surface area contributed by atoms with Gasteiger partial charge in [-0.2, -0.15) is 27.1 Å². The fourth-order valence-electron chi connectivity index (χ4n) is 2.31. The van der Waals surface area contributed by atoms with Crippen molar-refractivity contribution in [2.24, 2.45) is 0 Å². The van der Waals surface area contributed by atoms with Gasteiger partial charge >= 0.3 is 12.1 Å². The van der Waals surface area contributed by atoms with Crippen LogP contribution >= 0.6 is 15.9 Å². The molecular formula is C16H7BrF7N3. The quantitative estimate of drug-likeness (QED) is 0.380. The van der Waals surface area contributed by atoms with Crippen molar-refractivity contribution in [2.75, 3.05) is 0 Å². The summed E-state index contributed by atoms with van der Waals surface area (Å²) in [5.41, 5.74) is -2.74. The summed E-state index contributed by atoms with van der Waals surface area (Å²) in [7, 11) is 0. The van der Waals surface area contributed by atoms with Crippen molar-refractivity contribution in [3.63, 3.8) is 0 Å². The summed E-state index contributed by atoms with van der Waals surface area (Å²) in [5, 5.41) is 3.26. The van der Waals surface area contributed by atoms with Crippen molar-refractivity contribution in [1.29, 1.82) is 0 Å². The summed E-state index contributed by atoms with van der Waals surface area (Å²) in [6, 6.07) is 4.56. The van der Waals surface area contributed by atoms with Gasteiger partial charge in [0.05, 0.1) is 0 Å². The molecule has 11 heteroatoms. The van der Waals surface area contributed by atoms with Gasteiger partial charge in [-0.25, -0.2) is 18.4 Å². The molecule has 142 valence electrons. The van der Waals surface area contributed by atoms with Crippen LogP contribution in [0.2, 0.25) is 0 Å². The van der Waals surface area contributed by atoms with Crippen LogP contribution < -0.4 is 0 Å². The molecule has 2 aromatic heterocycles. The Kier molecular flexibility index (Phi) is 4.74. The van der Waals surface area contributed by atoms with Crippen molar-refractivity contribution in [3.05, 3.63) is 64.7 Å². The highest BCUT2D eigenvalue weighted by atomic mass is 79.9. The maximum Gasteiger partial charge on any atom is 0.459 e. The summed E-state index contributed by atoms with van der Waals surface area (Å²) in [4.78, 5) is 3.77. The molecular weight excluding hydrogens is 447 g/mol. The first-order valence-electron chi connectivity index (χ1n) is 7.13. The summed E-state index contributed by atoms with van der Waals surface area (Å²) < 4.78 is 94.4. The van der Waals surface area contributed by atoms with Gasteiger partial charge in [-0.3, -0.25) is 0 Å². The van der Waals surface area contributed by atoms with Crippen LogP contribution in [0.25, 0.3) is 16.8 Å². The number of hydrogen-bond acceptors (Lipinski definition) is 2. The Morgan fingerprint density at radius 1 is 0.963 bits per heavy atom. The smallest absolute Gasteiger partial charge is 0.249 e. The number of aromatic nitrogens is 3. The van der Waals surface area contributed by atoms with E-state index in [1.807, 2.05) is 0 Å². The average molecular weight is 454 g/mol. The lowest BCUT2D eigenvalue weighted by atomic mass is 10.0. The minimum atomic E-state index is -5.92. The van der Waals surface area contributed by atoms with E-state index in [9.17, 15) is 30.7 Å². The Morgan fingerprint density at radius 3 is 2.26 bits per heavy atom. The third-order valence-electron chi connectivity index (χ3n) is 3.56. The maximum absolute atomic E-state index is 14.0. The molecule has 3 rings (SSSR count). The lowest BCUT2D eigenvalue weighted by Gasteiger charge is -2.18. The van der Waals surface area contributed by atoms with Crippen molar-refractivity contribution in [1.82, 2.24) is 14.8 Å². The van der Waals surface area contributed by atoms with E-state index in [-0.39, 0.29) is 10.2 Å². The van der Waals surface area contributed by atoms with E-state index in [0.29, 0.717) is 10.7 Å². The normalized spacial score (nSPS) is 12.4. The van der Waals surface area contributed by atoms with Crippen LogP contribution in [0.4, 0.5) is 30.7 Å². The monoisotopic (exact) mass is 453 g/mol. The molecule has 0 N–H and O–H groups in total. The summed E-state index contributed by atoms with van der Waals surface area (Å²) in [6.07, 6.45) is -3.93. The van der Waals surface area contributed by atoms with Crippen molar-refractivity contribution in [3.8, 4) is 16.8 Å². The van der Waals surface area contributed by atoms with Crippen molar-refractivity contribution in [2.45, 2.75) is 12.1 Å². The van der Waals surface area contributed by atoms with Crippen LogP contribution in [-0.4, -0.2) is 20.9 Å². The first kappa shape index (κ1) is 19.3. The van der Waals surface area contributed by atoms with Crippen molar-refractivity contribution >= 4 is 15.9 Å². The second kappa shape index (κ2) is 6.63. The van der Waals surface area contributed by atoms with Gasteiger partial charge in [-0.05, 0) is 45.8 Å². The van der Waals surface area contributed by atoms with Crippen LogP contribution in [0.1, 0.15) is 5.69 Å². The van der Waals surface area contributed by atoms with Crippen LogP contribution in [0.3, 0.4) is 0 Å². The molecule has 0 aliphatic heterocycles. The summed E-state index contributed by atoms with van der Waals surface area (Å²) >= 11 is 3.00. The first-order valence-corrected chi connectivity index (χ1v) is 7.92. The SMILES string of the molecule is Fc1ccc(-n2cc(-c3ccnc(Br)c3)c(C(F)(F)C(F)(F)F)n2)c(F)c1. The number of nitrogens with zero attached hydrogens (tertiary/aromatic N) is 3. The van der Waals surface area contributed by atoms with Gasteiger partial charge in [0, 0.05) is 24.0 Å². The number of halogens is 8. The molecule has 1 aromatic carbocycles. The Bertz CT molecular complexity index is 998.